The van der Waals surface area contributed by atoms with E-state index in [1.165, 1.54) is 5.56 Å². The van der Waals surface area contributed by atoms with E-state index in [9.17, 15) is 0 Å². The molecule has 2 heteroatoms. The quantitative estimate of drug-likeness (QED) is 0.554. The van der Waals surface area contributed by atoms with Gasteiger partial charge in [0.05, 0.1) is 11.4 Å². The Morgan fingerprint density at radius 2 is 1.45 bits per heavy atom. The highest BCUT2D eigenvalue weighted by Crippen LogP contribution is 2.20. The summed E-state index contributed by atoms with van der Waals surface area (Å²) < 4.78 is 2.02. The van der Waals surface area contributed by atoms with Gasteiger partial charge >= 0.3 is 0 Å². The maximum absolute atomic E-state index is 6.04. The zero-order chi connectivity index (χ0) is 13.8. The number of rotatable bonds is 3. The fraction of sp³-hybridized carbons (Fsp3) is 0. The van der Waals surface area contributed by atoms with Crippen molar-refractivity contribution >= 4 is 17.8 Å². The summed E-state index contributed by atoms with van der Waals surface area (Å²) in [4.78, 5) is 0. The number of nitrogen functional groups attached to an aromatic ring is 1. The maximum atomic E-state index is 6.04. The Labute approximate surface area is 118 Å². The minimum Gasteiger partial charge on any atom is -0.397 e. The summed E-state index contributed by atoms with van der Waals surface area (Å²) in [5.74, 6) is 0. The average molecular weight is 260 g/mol. The van der Waals surface area contributed by atoms with Gasteiger partial charge in [0.25, 0.3) is 0 Å². The lowest BCUT2D eigenvalue weighted by Crippen LogP contribution is -1.97. The van der Waals surface area contributed by atoms with Gasteiger partial charge in [0, 0.05) is 12.4 Å². The molecule has 0 radical (unpaired) electrons. The highest BCUT2D eigenvalue weighted by atomic mass is 15.0. The smallest absolute Gasteiger partial charge is 0.0686 e. The molecular formula is C18H16N2. The molecule has 0 amide bonds. The summed E-state index contributed by atoms with van der Waals surface area (Å²) in [6, 6.07) is 20.3. The van der Waals surface area contributed by atoms with Crippen molar-refractivity contribution in [3.63, 3.8) is 0 Å². The molecule has 0 atom stereocenters. The standard InChI is InChI=1S/C18H16N2/c19-17-11-10-16(9-8-15-6-2-1-3-7-15)14-18(17)20-12-4-5-13-20/h1-14H,19H2/b9-8+. The van der Waals surface area contributed by atoms with Crippen LogP contribution in [-0.2, 0) is 0 Å². The Kier molecular flexibility index (Phi) is 3.38. The molecule has 0 saturated heterocycles. The molecule has 1 heterocycles. The largest absolute Gasteiger partial charge is 0.397 e. The molecule has 0 aliphatic carbocycles. The number of aromatic nitrogens is 1. The molecule has 0 spiro atoms. The molecule has 1 aromatic heterocycles. The van der Waals surface area contributed by atoms with Gasteiger partial charge in [0.2, 0.25) is 0 Å². The predicted molar refractivity (Wildman–Crippen MR) is 85.6 cm³/mol. The van der Waals surface area contributed by atoms with Crippen molar-refractivity contribution in [1.29, 1.82) is 0 Å². The van der Waals surface area contributed by atoms with Gasteiger partial charge in [0.15, 0.2) is 0 Å². The molecule has 3 aromatic rings. The van der Waals surface area contributed by atoms with Crippen LogP contribution in [0.4, 0.5) is 5.69 Å². The van der Waals surface area contributed by atoms with E-state index in [-0.39, 0.29) is 0 Å². The summed E-state index contributed by atoms with van der Waals surface area (Å²) in [5, 5.41) is 0. The first-order valence-electron chi connectivity index (χ1n) is 6.59. The van der Waals surface area contributed by atoms with Crippen molar-refractivity contribution in [3.8, 4) is 5.69 Å². The van der Waals surface area contributed by atoms with E-state index >= 15 is 0 Å². The van der Waals surface area contributed by atoms with Gasteiger partial charge in [0.1, 0.15) is 0 Å². The van der Waals surface area contributed by atoms with Crippen LogP contribution < -0.4 is 5.73 Å². The van der Waals surface area contributed by atoms with Crippen molar-refractivity contribution in [2.75, 3.05) is 5.73 Å². The lowest BCUT2D eigenvalue weighted by atomic mass is 10.1. The second-order valence-corrected chi connectivity index (χ2v) is 4.65. The summed E-state index contributed by atoms with van der Waals surface area (Å²) in [5.41, 5.74) is 10.1. The van der Waals surface area contributed by atoms with Crippen molar-refractivity contribution in [2.24, 2.45) is 0 Å². The monoisotopic (exact) mass is 260 g/mol. The van der Waals surface area contributed by atoms with Crippen molar-refractivity contribution in [1.82, 2.24) is 4.57 Å². The van der Waals surface area contributed by atoms with E-state index in [2.05, 4.69) is 30.4 Å². The second kappa shape index (κ2) is 5.49. The fourth-order valence-corrected chi connectivity index (χ4v) is 2.14. The number of benzene rings is 2. The van der Waals surface area contributed by atoms with Crippen LogP contribution in [-0.4, -0.2) is 4.57 Å². The van der Waals surface area contributed by atoms with E-state index in [0.717, 1.165) is 16.9 Å². The van der Waals surface area contributed by atoms with Crippen molar-refractivity contribution < 1.29 is 0 Å². The average Bonchev–Trinajstić information content (AvgIpc) is 3.01. The van der Waals surface area contributed by atoms with E-state index in [0.29, 0.717) is 0 Å². The summed E-state index contributed by atoms with van der Waals surface area (Å²) in [6.07, 6.45) is 8.19. The molecule has 0 aliphatic heterocycles. The molecule has 2 nitrogen and oxygen atoms in total. The third-order valence-electron chi connectivity index (χ3n) is 3.20. The number of nitrogens with two attached hydrogens (primary N) is 1. The lowest BCUT2D eigenvalue weighted by Gasteiger charge is -2.08. The zero-order valence-electron chi connectivity index (χ0n) is 11.1. The van der Waals surface area contributed by atoms with Crippen LogP contribution >= 0.6 is 0 Å². The van der Waals surface area contributed by atoms with Crippen LogP contribution in [0.2, 0.25) is 0 Å². The summed E-state index contributed by atoms with van der Waals surface area (Å²) in [6.45, 7) is 0. The topological polar surface area (TPSA) is 30.9 Å². The Balaban J connectivity index is 1.92. The van der Waals surface area contributed by atoms with Gasteiger partial charge < -0.3 is 10.3 Å². The van der Waals surface area contributed by atoms with E-state index in [1.807, 2.05) is 59.4 Å². The molecule has 0 unspecified atom stereocenters. The second-order valence-electron chi connectivity index (χ2n) is 4.65. The van der Waals surface area contributed by atoms with Crippen LogP contribution in [0.3, 0.4) is 0 Å². The number of hydrogen-bond donors (Lipinski definition) is 1. The van der Waals surface area contributed by atoms with E-state index in [1.54, 1.807) is 0 Å². The minimum absolute atomic E-state index is 0.776. The Bertz CT molecular complexity index is 710. The van der Waals surface area contributed by atoms with Gasteiger partial charge in [-0.15, -0.1) is 0 Å². The predicted octanol–water partition coefficient (Wildman–Crippen LogP) is 4.23. The fourth-order valence-electron chi connectivity index (χ4n) is 2.14. The van der Waals surface area contributed by atoms with Crippen molar-refractivity contribution in [3.05, 3.63) is 84.2 Å². The molecule has 0 aliphatic rings. The molecular weight excluding hydrogens is 244 g/mol. The number of nitrogens with zero attached hydrogens (tertiary/aromatic N) is 1. The molecule has 2 N–H and O–H groups in total. The molecule has 0 bridgehead atoms. The van der Waals surface area contributed by atoms with Crippen LogP contribution in [0, 0.1) is 0 Å². The van der Waals surface area contributed by atoms with E-state index in [4.69, 9.17) is 5.73 Å². The third kappa shape index (κ3) is 2.64. The first kappa shape index (κ1) is 12.3. The molecule has 20 heavy (non-hydrogen) atoms. The Hall–Kier alpha value is -2.74. The van der Waals surface area contributed by atoms with Crippen LogP contribution in [0.1, 0.15) is 11.1 Å². The Morgan fingerprint density at radius 1 is 0.750 bits per heavy atom. The first-order valence-corrected chi connectivity index (χ1v) is 6.59. The highest BCUT2D eigenvalue weighted by Gasteiger charge is 2.01. The summed E-state index contributed by atoms with van der Waals surface area (Å²) in [7, 11) is 0. The van der Waals surface area contributed by atoms with Crippen molar-refractivity contribution in [2.45, 2.75) is 0 Å². The van der Waals surface area contributed by atoms with Gasteiger partial charge in [-0.3, -0.25) is 0 Å². The molecule has 2 aromatic carbocycles. The molecule has 3 rings (SSSR count). The summed E-state index contributed by atoms with van der Waals surface area (Å²) >= 11 is 0. The van der Waals surface area contributed by atoms with Crippen LogP contribution in [0.15, 0.2) is 73.1 Å². The maximum Gasteiger partial charge on any atom is 0.0686 e. The van der Waals surface area contributed by atoms with Gasteiger partial charge in [-0.05, 0) is 35.4 Å². The molecule has 98 valence electrons. The van der Waals surface area contributed by atoms with Gasteiger partial charge in [-0.25, -0.2) is 0 Å². The van der Waals surface area contributed by atoms with Crippen LogP contribution in [0.5, 0.6) is 0 Å². The van der Waals surface area contributed by atoms with Crippen LogP contribution in [0.25, 0.3) is 17.8 Å². The number of hydrogen-bond acceptors (Lipinski definition) is 1. The number of anilines is 1. The van der Waals surface area contributed by atoms with Gasteiger partial charge in [-0.1, -0.05) is 48.6 Å². The minimum atomic E-state index is 0.776. The third-order valence-corrected chi connectivity index (χ3v) is 3.20. The zero-order valence-corrected chi connectivity index (χ0v) is 11.1. The Morgan fingerprint density at radius 3 is 2.20 bits per heavy atom. The SMILES string of the molecule is Nc1ccc(/C=C/c2ccccc2)cc1-n1cccc1. The normalized spacial score (nSPS) is 11.0. The lowest BCUT2D eigenvalue weighted by molar-refractivity contribution is 1.08. The highest BCUT2D eigenvalue weighted by molar-refractivity contribution is 5.73. The van der Waals surface area contributed by atoms with E-state index < -0.39 is 0 Å². The first-order chi connectivity index (χ1) is 9.83. The molecule has 0 fully saturated rings. The molecule has 0 saturated carbocycles. The van der Waals surface area contributed by atoms with Gasteiger partial charge in [-0.2, -0.15) is 0 Å².